The van der Waals surface area contributed by atoms with Crippen molar-refractivity contribution in [2.24, 2.45) is 5.73 Å². The van der Waals surface area contributed by atoms with E-state index >= 15 is 0 Å². The molecule has 2 amide bonds. The number of rotatable bonds is 0. The van der Waals surface area contributed by atoms with Crippen LogP contribution < -0.4 is 11.1 Å². The summed E-state index contributed by atoms with van der Waals surface area (Å²) < 4.78 is 0. The fourth-order valence-electron chi connectivity index (χ4n) is 0.565. The monoisotopic (exact) mass is 178 g/mol. The summed E-state index contributed by atoms with van der Waals surface area (Å²) in [4.78, 5) is 26.9. The van der Waals surface area contributed by atoms with Gasteiger partial charge in [-0.1, -0.05) is 0 Å². The Labute approximate surface area is 71.2 Å². The van der Waals surface area contributed by atoms with E-state index in [0.717, 1.165) is 19.4 Å². The van der Waals surface area contributed by atoms with Crippen molar-refractivity contribution in [1.82, 2.24) is 5.32 Å². The van der Waals surface area contributed by atoms with E-state index in [4.69, 9.17) is 14.7 Å². The Balaban J connectivity index is -0.000000128. The SMILES string of the molecule is C=O.NC(=O)O.O=C1CCCN1.[HH]. The van der Waals surface area contributed by atoms with E-state index < -0.39 is 6.09 Å². The molecular weight excluding hydrogens is 164 g/mol. The first-order chi connectivity index (χ1) is 5.63. The van der Waals surface area contributed by atoms with Gasteiger partial charge in [0.15, 0.2) is 0 Å². The molecular formula is C6H14N2O4. The number of nitrogens with one attached hydrogen (secondary N) is 1. The fourth-order valence-corrected chi connectivity index (χ4v) is 0.565. The van der Waals surface area contributed by atoms with E-state index in [0.29, 0.717) is 0 Å². The number of primary amides is 1. The van der Waals surface area contributed by atoms with Crippen molar-refractivity contribution in [2.45, 2.75) is 12.8 Å². The van der Waals surface area contributed by atoms with Gasteiger partial charge >= 0.3 is 6.09 Å². The second-order valence-electron chi connectivity index (χ2n) is 1.79. The quantitative estimate of drug-likeness (QED) is 0.468. The topological polar surface area (TPSA) is 109 Å². The van der Waals surface area contributed by atoms with E-state index in [1.807, 2.05) is 6.79 Å². The molecule has 6 nitrogen and oxygen atoms in total. The van der Waals surface area contributed by atoms with Crippen LogP contribution in [-0.4, -0.2) is 30.4 Å². The van der Waals surface area contributed by atoms with Gasteiger partial charge in [-0.3, -0.25) is 4.79 Å². The van der Waals surface area contributed by atoms with Gasteiger partial charge < -0.3 is 21.0 Å². The van der Waals surface area contributed by atoms with E-state index in [-0.39, 0.29) is 7.33 Å². The predicted molar refractivity (Wildman–Crippen MR) is 43.7 cm³/mol. The Morgan fingerprint density at radius 1 is 1.67 bits per heavy atom. The second kappa shape index (κ2) is 9.41. The number of carboxylic acid groups (broad SMARTS) is 1. The van der Waals surface area contributed by atoms with Crippen LogP contribution in [0, 0.1) is 0 Å². The van der Waals surface area contributed by atoms with Crippen LogP contribution in [0.4, 0.5) is 4.79 Å². The maximum Gasteiger partial charge on any atom is 0.402 e. The number of carbonyl (C=O) groups is 3. The minimum Gasteiger partial charge on any atom is -0.465 e. The lowest BCUT2D eigenvalue weighted by molar-refractivity contribution is -0.119. The molecule has 12 heavy (non-hydrogen) atoms. The van der Waals surface area contributed by atoms with Gasteiger partial charge in [-0.25, -0.2) is 4.79 Å². The molecule has 0 aliphatic carbocycles. The van der Waals surface area contributed by atoms with Crippen LogP contribution in [0.25, 0.3) is 0 Å². The second-order valence-corrected chi connectivity index (χ2v) is 1.79. The summed E-state index contributed by atoms with van der Waals surface area (Å²) in [6.45, 7) is 2.89. The average molecular weight is 178 g/mol. The molecule has 1 fully saturated rings. The maximum absolute atomic E-state index is 10.1. The molecule has 0 aromatic heterocycles. The van der Waals surface area contributed by atoms with E-state index in [9.17, 15) is 4.79 Å². The molecule has 1 heterocycles. The van der Waals surface area contributed by atoms with Crippen molar-refractivity contribution in [1.29, 1.82) is 0 Å². The molecule has 1 aliphatic rings. The summed E-state index contributed by atoms with van der Waals surface area (Å²) >= 11 is 0. The predicted octanol–water partition coefficient (Wildman–Crippen LogP) is -0.419. The normalized spacial score (nSPS) is 12.8. The lowest BCUT2D eigenvalue weighted by atomic mass is 10.4. The van der Waals surface area contributed by atoms with Gasteiger partial charge in [0, 0.05) is 14.4 Å². The Morgan fingerprint density at radius 2 is 2.08 bits per heavy atom. The lowest BCUT2D eigenvalue weighted by Gasteiger charge is -1.80. The zero-order valence-corrected chi connectivity index (χ0v) is 6.58. The van der Waals surface area contributed by atoms with Crippen LogP contribution in [-0.2, 0) is 9.59 Å². The van der Waals surface area contributed by atoms with Crippen LogP contribution in [0.15, 0.2) is 0 Å². The fraction of sp³-hybridized carbons (Fsp3) is 0.500. The number of hydrogen-bond donors (Lipinski definition) is 3. The summed E-state index contributed by atoms with van der Waals surface area (Å²) in [6, 6.07) is 0. The molecule has 1 rings (SSSR count). The molecule has 0 unspecified atom stereocenters. The third-order valence-electron chi connectivity index (χ3n) is 0.903. The van der Waals surface area contributed by atoms with Crippen molar-refractivity contribution in [3.8, 4) is 0 Å². The van der Waals surface area contributed by atoms with E-state index in [2.05, 4.69) is 11.1 Å². The Hall–Kier alpha value is -1.59. The molecule has 0 spiro atoms. The highest BCUT2D eigenvalue weighted by Crippen LogP contribution is 1.93. The summed E-state index contributed by atoms with van der Waals surface area (Å²) in [5.74, 6) is 0.204. The minimum absolute atomic E-state index is 0. The largest absolute Gasteiger partial charge is 0.465 e. The Bertz CT molecular complexity index is 142. The van der Waals surface area contributed by atoms with Crippen molar-refractivity contribution in [3.05, 3.63) is 0 Å². The van der Waals surface area contributed by atoms with Gasteiger partial charge in [0.25, 0.3) is 0 Å². The molecule has 0 atom stereocenters. The molecule has 6 heteroatoms. The van der Waals surface area contributed by atoms with Gasteiger partial charge in [-0.05, 0) is 6.42 Å². The van der Waals surface area contributed by atoms with Crippen LogP contribution in [0.1, 0.15) is 14.3 Å². The van der Waals surface area contributed by atoms with Gasteiger partial charge in [0.1, 0.15) is 6.79 Å². The van der Waals surface area contributed by atoms with Crippen LogP contribution in [0.5, 0.6) is 0 Å². The first kappa shape index (κ1) is 13.0. The molecule has 4 N–H and O–H groups in total. The molecule has 1 aliphatic heterocycles. The molecule has 0 aromatic rings. The van der Waals surface area contributed by atoms with Crippen molar-refractivity contribution >= 4 is 18.8 Å². The smallest absolute Gasteiger partial charge is 0.402 e. The Morgan fingerprint density at radius 3 is 2.17 bits per heavy atom. The molecule has 0 saturated carbocycles. The highest BCUT2D eigenvalue weighted by molar-refractivity contribution is 5.77. The zero-order valence-electron chi connectivity index (χ0n) is 6.58. The standard InChI is InChI=1S/C4H7NO.CH3NO2.CH2O.H2/c6-4-2-1-3-5-4;2-1(3)4;1-2;/h1-3H2,(H,5,6);2H2,(H,3,4);1H2;1H. The summed E-state index contributed by atoms with van der Waals surface area (Å²) in [7, 11) is 0. The van der Waals surface area contributed by atoms with Gasteiger partial charge in [-0.15, -0.1) is 0 Å². The maximum atomic E-state index is 10.1. The van der Waals surface area contributed by atoms with Crippen LogP contribution in [0.2, 0.25) is 0 Å². The third kappa shape index (κ3) is 15.8. The van der Waals surface area contributed by atoms with Crippen molar-refractivity contribution in [3.63, 3.8) is 0 Å². The Kier molecular flexibility index (Phi) is 10.2. The highest BCUT2D eigenvalue weighted by atomic mass is 16.4. The van der Waals surface area contributed by atoms with Crippen LogP contribution >= 0.6 is 0 Å². The van der Waals surface area contributed by atoms with E-state index in [1.165, 1.54) is 0 Å². The number of nitrogens with two attached hydrogens (primary N) is 1. The van der Waals surface area contributed by atoms with Gasteiger partial charge in [-0.2, -0.15) is 0 Å². The van der Waals surface area contributed by atoms with Crippen LogP contribution in [0.3, 0.4) is 0 Å². The number of hydrogen-bond acceptors (Lipinski definition) is 3. The lowest BCUT2D eigenvalue weighted by Crippen LogP contribution is -2.12. The molecule has 0 aromatic carbocycles. The highest BCUT2D eigenvalue weighted by Gasteiger charge is 2.05. The third-order valence-corrected chi connectivity index (χ3v) is 0.903. The summed E-state index contributed by atoms with van der Waals surface area (Å²) in [6.07, 6.45) is 0.429. The average Bonchev–Trinajstić information content (AvgIpc) is 2.43. The first-order valence-electron chi connectivity index (χ1n) is 3.17. The molecule has 0 bridgehead atoms. The molecule has 1 saturated heterocycles. The summed E-state index contributed by atoms with van der Waals surface area (Å²) in [5, 5.41) is 9.88. The first-order valence-corrected chi connectivity index (χ1v) is 3.17. The van der Waals surface area contributed by atoms with Gasteiger partial charge in [0.2, 0.25) is 5.91 Å². The number of carbonyl (C=O) groups excluding carboxylic acids is 2. The number of amides is 2. The summed E-state index contributed by atoms with van der Waals surface area (Å²) in [5.41, 5.74) is 4.03. The van der Waals surface area contributed by atoms with E-state index in [1.54, 1.807) is 0 Å². The minimum atomic E-state index is -1.33. The van der Waals surface area contributed by atoms with Crippen molar-refractivity contribution < 1.29 is 20.9 Å². The molecule has 72 valence electrons. The van der Waals surface area contributed by atoms with Crippen molar-refractivity contribution in [2.75, 3.05) is 6.54 Å². The molecule has 0 radical (unpaired) electrons. The zero-order chi connectivity index (χ0) is 9.98. The van der Waals surface area contributed by atoms with Gasteiger partial charge in [0.05, 0.1) is 0 Å².